The Hall–Kier alpha value is -0.810. The Morgan fingerprint density at radius 2 is 2.41 bits per heavy atom. The van der Waals surface area contributed by atoms with E-state index in [0.717, 1.165) is 36.0 Å². The predicted octanol–water partition coefficient (Wildman–Crippen LogP) is 1.61. The zero-order valence-electron chi connectivity index (χ0n) is 10.4. The number of thioether (sulfide) groups is 1. The molecule has 1 unspecified atom stereocenters. The molecule has 17 heavy (non-hydrogen) atoms. The first kappa shape index (κ1) is 12.6. The lowest BCUT2D eigenvalue weighted by atomic mass is 10.2. The average molecular weight is 253 g/mol. The third-order valence-electron chi connectivity index (χ3n) is 3.12. The predicted molar refractivity (Wildman–Crippen MR) is 71.4 cm³/mol. The maximum atomic E-state index is 9.10. The van der Waals surface area contributed by atoms with E-state index >= 15 is 0 Å². The second kappa shape index (κ2) is 5.69. The van der Waals surface area contributed by atoms with E-state index in [9.17, 15) is 0 Å². The van der Waals surface area contributed by atoms with Crippen LogP contribution in [-0.4, -0.2) is 39.2 Å². The molecule has 1 fully saturated rings. The van der Waals surface area contributed by atoms with Crippen LogP contribution in [0.3, 0.4) is 0 Å². The summed E-state index contributed by atoms with van der Waals surface area (Å²) in [7, 11) is 0. The molecule has 2 heterocycles. The number of aryl methyl sites for hydroxylation is 1. The number of aliphatic hydroxyl groups excluding tert-OH is 1. The quantitative estimate of drug-likeness (QED) is 0.887. The van der Waals surface area contributed by atoms with Crippen molar-refractivity contribution in [3.63, 3.8) is 0 Å². The van der Waals surface area contributed by atoms with Crippen LogP contribution in [0, 0.1) is 6.92 Å². The van der Waals surface area contributed by atoms with Gasteiger partial charge < -0.3 is 10.0 Å². The van der Waals surface area contributed by atoms with Crippen molar-refractivity contribution in [1.82, 2.24) is 9.97 Å². The Morgan fingerprint density at radius 1 is 1.59 bits per heavy atom. The molecule has 94 valence electrons. The van der Waals surface area contributed by atoms with Gasteiger partial charge >= 0.3 is 0 Å². The van der Waals surface area contributed by atoms with Crippen LogP contribution in [-0.2, 0) is 6.61 Å². The summed E-state index contributed by atoms with van der Waals surface area (Å²) in [5.74, 6) is 1.95. The lowest BCUT2D eigenvalue weighted by molar-refractivity contribution is 0.280. The lowest BCUT2D eigenvalue weighted by Crippen LogP contribution is -2.38. The lowest BCUT2D eigenvalue weighted by Gasteiger charge is -2.32. The summed E-state index contributed by atoms with van der Waals surface area (Å²) in [4.78, 5) is 11.1. The van der Waals surface area contributed by atoms with Gasteiger partial charge in [0, 0.05) is 41.5 Å². The highest BCUT2D eigenvalue weighted by Crippen LogP contribution is 2.23. The van der Waals surface area contributed by atoms with Crippen molar-refractivity contribution >= 4 is 17.7 Å². The van der Waals surface area contributed by atoms with Crippen molar-refractivity contribution in [3.05, 3.63) is 17.5 Å². The number of nitrogens with zero attached hydrogens (tertiary/aromatic N) is 3. The van der Waals surface area contributed by atoms with Crippen LogP contribution in [0.2, 0.25) is 0 Å². The van der Waals surface area contributed by atoms with Gasteiger partial charge in [-0.25, -0.2) is 9.97 Å². The number of anilines is 1. The molecule has 1 aromatic rings. The molecule has 2 rings (SSSR count). The Bertz CT molecular complexity index is 386. The van der Waals surface area contributed by atoms with Crippen LogP contribution in [0.15, 0.2) is 6.20 Å². The normalized spacial score (nSPS) is 20.6. The zero-order valence-corrected chi connectivity index (χ0v) is 11.2. The van der Waals surface area contributed by atoms with Gasteiger partial charge in [-0.1, -0.05) is 6.92 Å². The van der Waals surface area contributed by atoms with Gasteiger partial charge in [0.1, 0.15) is 0 Å². The smallest absolute Gasteiger partial charge is 0.225 e. The van der Waals surface area contributed by atoms with Gasteiger partial charge in [0.05, 0.1) is 6.61 Å². The molecule has 0 aliphatic carbocycles. The highest BCUT2D eigenvalue weighted by atomic mass is 32.2. The van der Waals surface area contributed by atoms with E-state index < -0.39 is 0 Å². The number of aliphatic hydroxyl groups is 1. The second-order valence-electron chi connectivity index (χ2n) is 4.29. The van der Waals surface area contributed by atoms with Gasteiger partial charge in [0.25, 0.3) is 0 Å². The molecule has 0 bridgehead atoms. The van der Waals surface area contributed by atoms with E-state index in [1.54, 1.807) is 6.20 Å². The molecule has 1 aromatic heterocycles. The summed E-state index contributed by atoms with van der Waals surface area (Å²) in [6.45, 7) is 6.20. The van der Waals surface area contributed by atoms with E-state index in [1.165, 1.54) is 6.42 Å². The van der Waals surface area contributed by atoms with E-state index in [-0.39, 0.29) is 6.61 Å². The molecule has 1 saturated heterocycles. The molecular weight excluding hydrogens is 234 g/mol. The van der Waals surface area contributed by atoms with Gasteiger partial charge in [-0.05, 0) is 13.3 Å². The summed E-state index contributed by atoms with van der Waals surface area (Å²) in [6.07, 6.45) is 2.93. The Balaban J connectivity index is 2.13. The first-order valence-corrected chi connectivity index (χ1v) is 7.09. The van der Waals surface area contributed by atoms with Crippen molar-refractivity contribution < 1.29 is 5.11 Å². The molecule has 1 aliphatic heterocycles. The fraction of sp³-hybridized carbons (Fsp3) is 0.667. The maximum Gasteiger partial charge on any atom is 0.225 e. The van der Waals surface area contributed by atoms with E-state index in [0.29, 0.717) is 5.25 Å². The molecule has 0 radical (unpaired) electrons. The van der Waals surface area contributed by atoms with Gasteiger partial charge in [0.15, 0.2) is 0 Å². The third-order valence-corrected chi connectivity index (χ3v) is 4.49. The van der Waals surface area contributed by atoms with Gasteiger partial charge in [-0.3, -0.25) is 0 Å². The number of hydrogen-bond donors (Lipinski definition) is 1. The van der Waals surface area contributed by atoms with E-state index in [4.69, 9.17) is 5.11 Å². The van der Waals surface area contributed by atoms with E-state index in [2.05, 4.69) is 21.8 Å². The van der Waals surface area contributed by atoms with Crippen LogP contribution >= 0.6 is 11.8 Å². The van der Waals surface area contributed by atoms with Crippen molar-refractivity contribution in [2.45, 2.75) is 32.1 Å². The SMILES string of the molecule is CCC1CN(c2ncc(CO)c(C)n2)CCS1. The molecular formula is C12H19N3OS. The van der Waals surface area contributed by atoms with Crippen LogP contribution in [0.25, 0.3) is 0 Å². The molecule has 5 heteroatoms. The fourth-order valence-corrected chi connectivity index (χ4v) is 3.12. The topological polar surface area (TPSA) is 49.2 Å². The largest absolute Gasteiger partial charge is 0.392 e. The molecule has 0 saturated carbocycles. The molecule has 0 aromatic carbocycles. The Labute approximate surface area is 106 Å². The molecule has 4 nitrogen and oxygen atoms in total. The van der Waals surface area contributed by atoms with Crippen molar-refractivity contribution in [2.75, 3.05) is 23.7 Å². The maximum absolute atomic E-state index is 9.10. The number of hydrogen-bond acceptors (Lipinski definition) is 5. The van der Waals surface area contributed by atoms with Gasteiger partial charge in [0.2, 0.25) is 5.95 Å². The minimum atomic E-state index is 0.0134. The van der Waals surface area contributed by atoms with Crippen LogP contribution < -0.4 is 4.90 Å². The summed E-state index contributed by atoms with van der Waals surface area (Å²) >= 11 is 2.04. The van der Waals surface area contributed by atoms with Crippen LogP contribution in [0.1, 0.15) is 24.6 Å². The molecule has 1 atom stereocenters. The summed E-state index contributed by atoms with van der Waals surface area (Å²) in [5, 5.41) is 9.79. The molecule has 0 spiro atoms. The number of rotatable bonds is 3. The minimum Gasteiger partial charge on any atom is -0.392 e. The van der Waals surface area contributed by atoms with Crippen LogP contribution in [0.5, 0.6) is 0 Å². The Kier molecular flexibility index (Phi) is 4.23. The Morgan fingerprint density at radius 3 is 3.06 bits per heavy atom. The van der Waals surface area contributed by atoms with Gasteiger partial charge in [-0.2, -0.15) is 11.8 Å². The van der Waals surface area contributed by atoms with E-state index in [1.807, 2.05) is 18.7 Å². The molecule has 0 amide bonds. The number of aromatic nitrogens is 2. The minimum absolute atomic E-state index is 0.0134. The zero-order chi connectivity index (χ0) is 12.3. The average Bonchev–Trinajstić information content (AvgIpc) is 2.38. The fourth-order valence-electron chi connectivity index (χ4n) is 1.94. The van der Waals surface area contributed by atoms with Crippen LogP contribution in [0.4, 0.5) is 5.95 Å². The van der Waals surface area contributed by atoms with Crippen molar-refractivity contribution in [1.29, 1.82) is 0 Å². The van der Waals surface area contributed by atoms with Crippen molar-refractivity contribution in [3.8, 4) is 0 Å². The summed E-state index contributed by atoms with van der Waals surface area (Å²) in [5.41, 5.74) is 1.69. The first-order chi connectivity index (χ1) is 8.24. The van der Waals surface area contributed by atoms with Crippen molar-refractivity contribution in [2.24, 2.45) is 0 Å². The van der Waals surface area contributed by atoms with Gasteiger partial charge in [-0.15, -0.1) is 0 Å². The second-order valence-corrected chi connectivity index (χ2v) is 5.69. The third kappa shape index (κ3) is 2.90. The molecule has 1 N–H and O–H groups in total. The highest BCUT2D eigenvalue weighted by Gasteiger charge is 2.21. The first-order valence-electron chi connectivity index (χ1n) is 6.04. The standard InChI is InChI=1S/C12H19N3OS/c1-3-11-7-15(4-5-17-11)12-13-6-10(8-16)9(2)14-12/h6,11,16H,3-5,7-8H2,1-2H3. The summed E-state index contributed by atoms with van der Waals surface area (Å²) < 4.78 is 0. The summed E-state index contributed by atoms with van der Waals surface area (Å²) in [6, 6.07) is 0. The monoisotopic (exact) mass is 253 g/mol. The highest BCUT2D eigenvalue weighted by molar-refractivity contribution is 8.00. The molecule has 1 aliphatic rings.